The predicted octanol–water partition coefficient (Wildman–Crippen LogP) is 0.857. The summed E-state index contributed by atoms with van der Waals surface area (Å²) in [6.07, 6.45) is 2.76. The summed E-state index contributed by atoms with van der Waals surface area (Å²) < 4.78 is 0. The van der Waals surface area contributed by atoms with Gasteiger partial charge in [0.15, 0.2) is 0 Å². The molecular formula is C10H11NO3. The number of aromatic hydroxyl groups is 2. The summed E-state index contributed by atoms with van der Waals surface area (Å²) >= 11 is 0. The van der Waals surface area contributed by atoms with Gasteiger partial charge in [0.25, 0.3) is 0 Å². The van der Waals surface area contributed by atoms with Crippen LogP contribution >= 0.6 is 0 Å². The predicted molar refractivity (Wildman–Crippen MR) is 52.9 cm³/mol. The van der Waals surface area contributed by atoms with Crippen LogP contribution in [0.3, 0.4) is 0 Å². The van der Waals surface area contributed by atoms with E-state index in [1.54, 1.807) is 0 Å². The first-order chi connectivity index (χ1) is 6.63. The second-order valence-electron chi connectivity index (χ2n) is 2.69. The lowest BCUT2D eigenvalue weighted by Crippen LogP contribution is -2.13. The minimum Gasteiger partial charge on any atom is -0.508 e. The Morgan fingerprint density at radius 2 is 2.14 bits per heavy atom. The fourth-order valence-corrected chi connectivity index (χ4v) is 0.922. The molecular weight excluding hydrogens is 182 g/mol. The van der Waals surface area contributed by atoms with Gasteiger partial charge in [0.05, 0.1) is 0 Å². The van der Waals surface area contributed by atoms with Gasteiger partial charge < -0.3 is 15.5 Å². The summed E-state index contributed by atoms with van der Waals surface area (Å²) in [6.45, 7) is 0. The van der Waals surface area contributed by atoms with Gasteiger partial charge in [-0.3, -0.25) is 4.79 Å². The first kappa shape index (κ1) is 10.1. The molecule has 0 aliphatic heterocycles. The second kappa shape index (κ2) is 4.32. The van der Waals surface area contributed by atoms with Crippen molar-refractivity contribution < 1.29 is 15.0 Å². The molecule has 0 aromatic heterocycles. The SMILES string of the molecule is CNC(=O)C=Cc1ccc(O)cc1O. The lowest BCUT2D eigenvalue weighted by Gasteiger charge is -1.99. The van der Waals surface area contributed by atoms with Crippen LogP contribution in [0.1, 0.15) is 5.56 Å². The normalized spacial score (nSPS) is 10.4. The Morgan fingerprint density at radius 3 is 2.71 bits per heavy atom. The summed E-state index contributed by atoms with van der Waals surface area (Å²) in [5, 5.41) is 20.7. The van der Waals surface area contributed by atoms with Crippen LogP contribution in [0, 0.1) is 0 Å². The zero-order valence-corrected chi connectivity index (χ0v) is 7.69. The van der Waals surface area contributed by atoms with Crippen LogP contribution in [0.15, 0.2) is 24.3 Å². The molecule has 14 heavy (non-hydrogen) atoms. The zero-order chi connectivity index (χ0) is 10.6. The summed E-state index contributed by atoms with van der Waals surface area (Å²) in [7, 11) is 1.52. The number of likely N-dealkylation sites (N-methyl/N-ethyl adjacent to an activating group) is 1. The molecule has 0 spiro atoms. The Hall–Kier alpha value is -1.97. The topological polar surface area (TPSA) is 69.6 Å². The molecule has 0 aliphatic carbocycles. The van der Waals surface area contributed by atoms with E-state index in [-0.39, 0.29) is 17.4 Å². The minimum absolute atomic E-state index is 0.0143. The monoisotopic (exact) mass is 193 g/mol. The second-order valence-corrected chi connectivity index (χ2v) is 2.69. The zero-order valence-electron chi connectivity index (χ0n) is 7.69. The highest BCUT2D eigenvalue weighted by Crippen LogP contribution is 2.23. The van der Waals surface area contributed by atoms with E-state index in [1.165, 1.54) is 37.4 Å². The Balaban J connectivity index is 2.87. The van der Waals surface area contributed by atoms with E-state index in [0.29, 0.717) is 5.56 Å². The Bertz CT molecular complexity index is 372. The number of phenolic OH excluding ortho intramolecular Hbond substituents is 2. The lowest BCUT2D eigenvalue weighted by atomic mass is 10.2. The maximum Gasteiger partial charge on any atom is 0.243 e. The van der Waals surface area contributed by atoms with Gasteiger partial charge in [0.1, 0.15) is 11.5 Å². The van der Waals surface area contributed by atoms with Crippen LogP contribution in [0.5, 0.6) is 11.5 Å². The number of benzene rings is 1. The molecule has 1 amide bonds. The van der Waals surface area contributed by atoms with Crippen molar-refractivity contribution in [2.75, 3.05) is 7.05 Å². The van der Waals surface area contributed by atoms with Gasteiger partial charge in [0.2, 0.25) is 5.91 Å². The smallest absolute Gasteiger partial charge is 0.243 e. The Labute approximate surface area is 81.5 Å². The van der Waals surface area contributed by atoms with Crippen LogP contribution in [-0.4, -0.2) is 23.2 Å². The van der Waals surface area contributed by atoms with E-state index in [0.717, 1.165) is 0 Å². The molecule has 4 nitrogen and oxygen atoms in total. The van der Waals surface area contributed by atoms with Crippen molar-refractivity contribution in [3.63, 3.8) is 0 Å². The van der Waals surface area contributed by atoms with Crippen LogP contribution < -0.4 is 5.32 Å². The molecule has 0 radical (unpaired) electrons. The molecule has 0 saturated heterocycles. The summed E-state index contributed by atoms with van der Waals surface area (Å²) in [5.41, 5.74) is 0.478. The molecule has 3 N–H and O–H groups in total. The molecule has 0 saturated carbocycles. The minimum atomic E-state index is -0.252. The fourth-order valence-electron chi connectivity index (χ4n) is 0.922. The number of rotatable bonds is 2. The highest BCUT2D eigenvalue weighted by atomic mass is 16.3. The van der Waals surface area contributed by atoms with Crippen LogP contribution in [-0.2, 0) is 4.79 Å². The van der Waals surface area contributed by atoms with Gasteiger partial charge in [-0.05, 0) is 18.2 Å². The van der Waals surface area contributed by atoms with Crippen molar-refractivity contribution in [1.82, 2.24) is 5.32 Å². The molecule has 1 rings (SSSR count). The van der Waals surface area contributed by atoms with Crippen LogP contribution in [0.4, 0.5) is 0 Å². The van der Waals surface area contributed by atoms with Gasteiger partial charge >= 0.3 is 0 Å². The molecule has 0 heterocycles. The number of amides is 1. The Kier molecular flexibility index (Phi) is 3.12. The molecule has 0 fully saturated rings. The fraction of sp³-hybridized carbons (Fsp3) is 0.100. The number of nitrogens with one attached hydrogen (secondary N) is 1. The van der Waals surface area contributed by atoms with E-state index in [2.05, 4.69) is 5.32 Å². The average Bonchev–Trinajstić information content (AvgIpc) is 2.16. The molecule has 0 unspecified atom stereocenters. The van der Waals surface area contributed by atoms with E-state index < -0.39 is 0 Å². The molecule has 0 bridgehead atoms. The van der Waals surface area contributed by atoms with Gasteiger partial charge in [0, 0.05) is 24.8 Å². The molecule has 0 atom stereocenters. The Morgan fingerprint density at radius 1 is 1.43 bits per heavy atom. The van der Waals surface area contributed by atoms with Gasteiger partial charge in [-0.1, -0.05) is 0 Å². The number of hydrogen-bond donors (Lipinski definition) is 3. The van der Waals surface area contributed by atoms with E-state index in [9.17, 15) is 9.90 Å². The van der Waals surface area contributed by atoms with Crippen molar-refractivity contribution in [2.45, 2.75) is 0 Å². The van der Waals surface area contributed by atoms with Gasteiger partial charge in [-0.25, -0.2) is 0 Å². The first-order valence-electron chi connectivity index (χ1n) is 4.05. The van der Waals surface area contributed by atoms with E-state index in [1.807, 2.05) is 0 Å². The third-order valence-corrected chi connectivity index (χ3v) is 1.67. The third-order valence-electron chi connectivity index (χ3n) is 1.67. The third kappa shape index (κ3) is 2.52. The quantitative estimate of drug-likeness (QED) is 0.610. The maximum atomic E-state index is 10.8. The van der Waals surface area contributed by atoms with Crippen LogP contribution in [0.25, 0.3) is 6.08 Å². The number of phenols is 2. The number of carbonyl (C=O) groups is 1. The van der Waals surface area contributed by atoms with Gasteiger partial charge in [-0.15, -0.1) is 0 Å². The highest BCUT2D eigenvalue weighted by Gasteiger charge is 1.98. The van der Waals surface area contributed by atoms with Crippen molar-refractivity contribution >= 4 is 12.0 Å². The molecule has 0 aliphatic rings. The number of carbonyl (C=O) groups excluding carboxylic acids is 1. The maximum absolute atomic E-state index is 10.8. The van der Waals surface area contributed by atoms with Crippen LogP contribution in [0.2, 0.25) is 0 Å². The van der Waals surface area contributed by atoms with E-state index >= 15 is 0 Å². The lowest BCUT2D eigenvalue weighted by molar-refractivity contribution is -0.115. The summed E-state index contributed by atoms with van der Waals surface area (Å²) in [4.78, 5) is 10.8. The van der Waals surface area contributed by atoms with Crippen molar-refractivity contribution in [3.8, 4) is 11.5 Å². The van der Waals surface area contributed by atoms with Crippen molar-refractivity contribution in [1.29, 1.82) is 0 Å². The molecule has 1 aromatic rings. The average molecular weight is 193 g/mol. The standard InChI is InChI=1S/C10H11NO3/c1-11-10(14)5-3-7-2-4-8(12)6-9(7)13/h2-6,12-13H,1H3,(H,11,14). The van der Waals surface area contributed by atoms with Gasteiger partial charge in [-0.2, -0.15) is 0 Å². The van der Waals surface area contributed by atoms with Crippen molar-refractivity contribution in [3.05, 3.63) is 29.8 Å². The first-order valence-corrected chi connectivity index (χ1v) is 4.05. The summed E-state index contributed by atoms with van der Waals surface area (Å²) in [6, 6.07) is 4.16. The molecule has 4 heteroatoms. The van der Waals surface area contributed by atoms with E-state index in [4.69, 9.17) is 5.11 Å². The summed E-state index contributed by atoms with van der Waals surface area (Å²) in [5.74, 6) is -0.331. The molecule has 74 valence electrons. The highest BCUT2D eigenvalue weighted by molar-refractivity contribution is 5.91. The van der Waals surface area contributed by atoms with Crippen molar-refractivity contribution in [2.24, 2.45) is 0 Å². The molecule has 1 aromatic carbocycles. The number of hydrogen-bond acceptors (Lipinski definition) is 3. The largest absolute Gasteiger partial charge is 0.508 e.